The lowest BCUT2D eigenvalue weighted by molar-refractivity contribution is -0.118. The fourth-order valence-corrected chi connectivity index (χ4v) is 4.56. The second-order valence-electron chi connectivity index (χ2n) is 9.03. The van der Waals surface area contributed by atoms with Gasteiger partial charge in [0.15, 0.2) is 17.3 Å². The monoisotopic (exact) mass is 433 g/mol. The van der Waals surface area contributed by atoms with E-state index < -0.39 is 5.92 Å². The zero-order chi connectivity index (χ0) is 23.0. The Balaban J connectivity index is 1.84. The van der Waals surface area contributed by atoms with Crippen molar-refractivity contribution >= 4 is 17.5 Å². The molecular formula is C25H27N3O4. The molecule has 1 aliphatic carbocycles. The molecule has 7 nitrogen and oxygen atoms in total. The van der Waals surface area contributed by atoms with Gasteiger partial charge in [-0.1, -0.05) is 26.0 Å². The van der Waals surface area contributed by atoms with Gasteiger partial charge in [-0.3, -0.25) is 9.59 Å². The number of amides is 1. The molecule has 3 N–H and O–H groups in total. The molecule has 0 fully saturated rings. The van der Waals surface area contributed by atoms with Crippen molar-refractivity contribution in [2.75, 3.05) is 12.4 Å². The van der Waals surface area contributed by atoms with Gasteiger partial charge in [0.05, 0.1) is 7.11 Å². The number of anilines is 1. The molecule has 1 atom stereocenters. The average Bonchev–Trinajstić information content (AvgIpc) is 2.72. The fraction of sp³-hybridized carbons (Fsp3) is 0.320. The van der Waals surface area contributed by atoms with Gasteiger partial charge in [0, 0.05) is 41.1 Å². The lowest BCUT2D eigenvalue weighted by atomic mass is 9.68. The van der Waals surface area contributed by atoms with Crippen LogP contribution in [0.4, 0.5) is 5.82 Å². The van der Waals surface area contributed by atoms with Crippen LogP contribution in [0, 0.1) is 5.41 Å². The molecule has 1 aromatic carbocycles. The van der Waals surface area contributed by atoms with Gasteiger partial charge in [0.25, 0.3) is 5.91 Å². The van der Waals surface area contributed by atoms with Crippen molar-refractivity contribution in [3.8, 4) is 11.5 Å². The summed E-state index contributed by atoms with van der Waals surface area (Å²) in [4.78, 5) is 30.9. The normalized spacial score (nSPS) is 19.9. The summed E-state index contributed by atoms with van der Waals surface area (Å²) in [6.07, 6.45) is 2.70. The number of phenolic OH excluding ortho intramolecular Hbond substituents is 1. The number of aromatic hydroxyl groups is 1. The molecular weight excluding hydrogens is 406 g/mol. The molecule has 1 aromatic heterocycles. The maximum Gasteiger partial charge on any atom is 0.255 e. The van der Waals surface area contributed by atoms with Crippen LogP contribution in [0.15, 0.2) is 65.1 Å². The Morgan fingerprint density at radius 3 is 2.72 bits per heavy atom. The number of nitrogens with one attached hydrogen (secondary N) is 2. The number of aromatic nitrogens is 1. The van der Waals surface area contributed by atoms with Gasteiger partial charge >= 0.3 is 0 Å². The molecule has 2 aliphatic rings. The maximum atomic E-state index is 13.4. The first-order chi connectivity index (χ1) is 15.2. The number of benzene rings is 1. The van der Waals surface area contributed by atoms with Crippen molar-refractivity contribution in [3.63, 3.8) is 0 Å². The molecule has 4 rings (SSSR count). The number of carbonyl (C=O) groups is 2. The van der Waals surface area contributed by atoms with Gasteiger partial charge in [0.1, 0.15) is 5.82 Å². The average molecular weight is 434 g/mol. The third-order valence-electron chi connectivity index (χ3n) is 5.93. The number of phenols is 1. The standard InChI is InChI=1S/C25H27N3O4/c1-14-21(24(31)28-20-7-5-6-10-26-20)22(15-8-9-17(29)19(11-15)32-4)23-16(27-14)12-25(2,3)13-18(23)30/h5-11,22,27,29H,12-13H2,1-4H3,(H,26,28,31)/t22-/m1/s1. The van der Waals surface area contributed by atoms with E-state index in [1.807, 2.05) is 6.92 Å². The van der Waals surface area contributed by atoms with Gasteiger partial charge in [-0.2, -0.15) is 0 Å². The molecule has 0 bridgehead atoms. The fourth-order valence-electron chi connectivity index (χ4n) is 4.56. The summed E-state index contributed by atoms with van der Waals surface area (Å²) in [5.41, 5.74) is 3.08. The minimum atomic E-state index is -0.590. The van der Waals surface area contributed by atoms with Crippen LogP contribution in [0.3, 0.4) is 0 Å². The first-order valence-electron chi connectivity index (χ1n) is 10.5. The topological polar surface area (TPSA) is 101 Å². The van der Waals surface area contributed by atoms with Crippen molar-refractivity contribution in [2.24, 2.45) is 5.41 Å². The number of dihydropyridines is 1. The number of ether oxygens (including phenoxy) is 1. The van der Waals surface area contributed by atoms with Crippen LogP contribution in [0.5, 0.6) is 11.5 Å². The second kappa shape index (κ2) is 8.15. The minimum absolute atomic E-state index is 0.00400. The van der Waals surface area contributed by atoms with Crippen molar-refractivity contribution in [1.29, 1.82) is 0 Å². The third-order valence-corrected chi connectivity index (χ3v) is 5.93. The summed E-state index contributed by atoms with van der Waals surface area (Å²) in [5.74, 6) is -0.209. The summed E-state index contributed by atoms with van der Waals surface area (Å²) in [7, 11) is 1.47. The van der Waals surface area contributed by atoms with Crippen LogP contribution >= 0.6 is 0 Å². The van der Waals surface area contributed by atoms with Crippen molar-refractivity contribution in [1.82, 2.24) is 10.3 Å². The quantitative estimate of drug-likeness (QED) is 0.673. The summed E-state index contributed by atoms with van der Waals surface area (Å²) in [6, 6.07) is 10.2. The number of nitrogens with zero attached hydrogens (tertiary/aromatic N) is 1. The summed E-state index contributed by atoms with van der Waals surface area (Å²) in [6.45, 7) is 5.97. The highest BCUT2D eigenvalue weighted by atomic mass is 16.5. The van der Waals surface area contributed by atoms with E-state index in [1.165, 1.54) is 13.2 Å². The molecule has 2 aromatic rings. The molecule has 0 saturated heterocycles. The maximum absolute atomic E-state index is 13.4. The van der Waals surface area contributed by atoms with Gasteiger partial charge in [-0.15, -0.1) is 0 Å². The van der Waals surface area contributed by atoms with Gasteiger partial charge in [-0.25, -0.2) is 4.98 Å². The molecule has 1 amide bonds. The van der Waals surface area contributed by atoms with Crippen LogP contribution in [0.1, 0.15) is 45.1 Å². The smallest absolute Gasteiger partial charge is 0.255 e. The number of pyridine rings is 1. The third kappa shape index (κ3) is 3.98. The van der Waals surface area contributed by atoms with Crippen LogP contribution in [-0.2, 0) is 9.59 Å². The largest absolute Gasteiger partial charge is 0.504 e. The second-order valence-corrected chi connectivity index (χ2v) is 9.03. The van der Waals surface area contributed by atoms with Crippen LogP contribution in [0.25, 0.3) is 0 Å². The van der Waals surface area contributed by atoms with E-state index >= 15 is 0 Å². The van der Waals surface area contributed by atoms with Crippen LogP contribution in [0.2, 0.25) is 0 Å². The van der Waals surface area contributed by atoms with Crippen LogP contribution < -0.4 is 15.4 Å². The molecule has 32 heavy (non-hydrogen) atoms. The Hall–Kier alpha value is -3.61. The molecule has 7 heteroatoms. The summed E-state index contributed by atoms with van der Waals surface area (Å²) in [5, 5.41) is 16.3. The lowest BCUT2D eigenvalue weighted by Gasteiger charge is -2.39. The Morgan fingerprint density at radius 2 is 2.03 bits per heavy atom. The highest BCUT2D eigenvalue weighted by Gasteiger charge is 2.42. The SMILES string of the molecule is COc1cc([C@@H]2C(C(=O)Nc3ccccn3)=C(C)NC3=C2C(=O)CC(C)(C)C3)ccc1O. The van der Waals surface area contributed by atoms with E-state index in [1.54, 1.807) is 36.5 Å². The van der Waals surface area contributed by atoms with Gasteiger partial charge in [0.2, 0.25) is 0 Å². The molecule has 0 radical (unpaired) electrons. The molecule has 1 aliphatic heterocycles. The van der Waals surface area contributed by atoms with Crippen molar-refractivity contribution in [3.05, 3.63) is 70.7 Å². The lowest BCUT2D eigenvalue weighted by Crippen LogP contribution is -2.39. The molecule has 0 saturated carbocycles. The molecule has 0 unspecified atom stereocenters. The number of hydrogen-bond acceptors (Lipinski definition) is 6. The van der Waals surface area contributed by atoms with E-state index in [0.717, 1.165) is 5.70 Å². The number of carbonyl (C=O) groups excluding carboxylic acids is 2. The highest BCUT2D eigenvalue weighted by Crippen LogP contribution is 2.47. The summed E-state index contributed by atoms with van der Waals surface area (Å²) < 4.78 is 5.30. The Labute approximate surface area is 187 Å². The van der Waals surface area contributed by atoms with E-state index in [4.69, 9.17) is 4.74 Å². The first kappa shape index (κ1) is 21.6. The Kier molecular flexibility index (Phi) is 5.50. The summed E-state index contributed by atoms with van der Waals surface area (Å²) >= 11 is 0. The van der Waals surface area contributed by atoms with E-state index in [9.17, 15) is 14.7 Å². The predicted octanol–water partition coefficient (Wildman–Crippen LogP) is 4.04. The highest BCUT2D eigenvalue weighted by molar-refractivity contribution is 6.09. The number of methoxy groups -OCH3 is 1. The molecule has 0 spiro atoms. The van der Waals surface area contributed by atoms with Gasteiger partial charge < -0.3 is 20.5 Å². The molecule has 2 heterocycles. The number of rotatable bonds is 4. The van der Waals surface area contributed by atoms with E-state index in [2.05, 4.69) is 29.5 Å². The number of hydrogen-bond donors (Lipinski definition) is 3. The first-order valence-corrected chi connectivity index (χ1v) is 10.5. The van der Waals surface area contributed by atoms with Crippen molar-refractivity contribution in [2.45, 2.75) is 39.5 Å². The van der Waals surface area contributed by atoms with Gasteiger partial charge in [-0.05, 0) is 48.6 Å². The number of ketones is 1. The zero-order valence-corrected chi connectivity index (χ0v) is 18.7. The van der Waals surface area contributed by atoms with Crippen LogP contribution in [-0.4, -0.2) is 28.9 Å². The Morgan fingerprint density at radius 1 is 1.25 bits per heavy atom. The molecule has 166 valence electrons. The zero-order valence-electron chi connectivity index (χ0n) is 18.7. The number of Topliss-reactive ketones (excluding diaryl/α,β-unsaturated/α-hetero) is 1. The van der Waals surface area contributed by atoms with Crippen molar-refractivity contribution < 1.29 is 19.4 Å². The number of allylic oxidation sites excluding steroid dienone is 3. The predicted molar refractivity (Wildman–Crippen MR) is 121 cm³/mol. The minimum Gasteiger partial charge on any atom is -0.504 e. The van der Waals surface area contributed by atoms with E-state index in [0.29, 0.717) is 41.1 Å². The Bertz CT molecular complexity index is 1150. The van der Waals surface area contributed by atoms with E-state index in [-0.39, 0.29) is 28.6 Å².